The first-order chi connectivity index (χ1) is 13.7. The average molecular weight is 389 g/mol. The van der Waals surface area contributed by atoms with Gasteiger partial charge in [-0.25, -0.2) is 9.97 Å². The third-order valence-corrected chi connectivity index (χ3v) is 6.35. The van der Waals surface area contributed by atoms with Crippen molar-refractivity contribution < 1.29 is 9.90 Å². The maximum absolute atomic E-state index is 13.1. The zero-order valence-corrected chi connectivity index (χ0v) is 16.8. The second kappa shape index (κ2) is 8.61. The number of anilines is 2. The number of nitrogens with one attached hydrogen (secondary N) is 1. The molecule has 0 aromatic carbocycles. The number of fused-ring (bicyclic) bond motifs is 1. The highest BCUT2D eigenvalue weighted by Gasteiger charge is 2.33. The van der Waals surface area contributed by atoms with Gasteiger partial charge < -0.3 is 25.1 Å². The number of rotatable bonds is 3. The van der Waals surface area contributed by atoms with E-state index in [9.17, 15) is 9.90 Å². The molecule has 3 aliphatic rings. The number of piperidine rings is 1. The summed E-state index contributed by atoms with van der Waals surface area (Å²) < 4.78 is 0. The summed E-state index contributed by atoms with van der Waals surface area (Å²) in [6.07, 6.45) is 6.85. The zero-order valence-electron chi connectivity index (χ0n) is 16.8. The standard InChI is InChI=1S/C20H32N6O2/c1-24-12-18(28)26(16-5-2-7-21-8-6-16)11-17-19(24)22-14-23-20(17)25-9-3-4-15(10-25)13-27/h14-16,21,27H,2-13H2,1H3. The molecule has 154 valence electrons. The predicted octanol–water partition coefficient (Wildman–Crippen LogP) is 0.606. The van der Waals surface area contributed by atoms with Crippen LogP contribution in [0.5, 0.6) is 0 Å². The van der Waals surface area contributed by atoms with E-state index < -0.39 is 0 Å². The topological polar surface area (TPSA) is 84.8 Å². The van der Waals surface area contributed by atoms with Gasteiger partial charge in [-0.2, -0.15) is 0 Å². The molecule has 4 rings (SSSR count). The van der Waals surface area contributed by atoms with Crippen molar-refractivity contribution >= 4 is 17.5 Å². The van der Waals surface area contributed by atoms with Crippen molar-refractivity contribution in [2.24, 2.45) is 5.92 Å². The molecule has 1 amide bonds. The molecule has 4 heterocycles. The van der Waals surface area contributed by atoms with Crippen LogP contribution in [0.25, 0.3) is 0 Å². The highest BCUT2D eigenvalue weighted by Crippen LogP contribution is 2.33. The lowest BCUT2D eigenvalue weighted by Gasteiger charge is -2.35. The fraction of sp³-hybridized carbons (Fsp3) is 0.750. The first-order valence-corrected chi connectivity index (χ1v) is 10.6. The quantitative estimate of drug-likeness (QED) is 0.785. The lowest BCUT2D eigenvalue weighted by Crippen LogP contribution is -2.43. The monoisotopic (exact) mass is 388 g/mol. The number of aromatic nitrogens is 2. The van der Waals surface area contributed by atoms with Crippen molar-refractivity contribution in [3.05, 3.63) is 11.9 Å². The number of aliphatic hydroxyl groups excluding tert-OH is 1. The molecule has 2 unspecified atom stereocenters. The Labute approximate surface area is 166 Å². The predicted molar refractivity (Wildman–Crippen MR) is 108 cm³/mol. The van der Waals surface area contributed by atoms with Gasteiger partial charge in [-0.1, -0.05) is 0 Å². The van der Waals surface area contributed by atoms with E-state index in [-0.39, 0.29) is 24.5 Å². The fourth-order valence-electron chi connectivity index (χ4n) is 4.82. The minimum Gasteiger partial charge on any atom is -0.396 e. The summed E-state index contributed by atoms with van der Waals surface area (Å²) in [4.78, 5) is 28.5. The summed E-state index contributed by atoms with van der Waals surface area (Å²) in [5, 5.41) is 13.1. The Bertz CT molecular complexity index is 691. The van der Waals surface area contributed by atoms with Gasteiger partial charge in [0, 0.05) is 32.8 Å². The second-order valence-corrected chi connectivity index (χ2v) is 8.35. The number of likely N-dealkylation sites (N-methyl/N-ethyl adjacent to an activating group) is 1. The average Bonchev–Trinajstić information content (AvgIpc) is 3.06. The van der Waals surface area contributed by atoms with Crippen LogP contribution in [-0.2, 0) is 11.3 Å². The van der Waals surface area contributed by atoms with Crippen LogP contribution in [0, 0.1) is 5.92 Å². The molecule has 3 aliphatic heterocycles. The Morgan fingerprint density at radius 2 is 2.00 bits per heavy atom. The summed E-state index contributed by atoms with van der Waals surface area (Å²) >= 11 is 0. The lowest BCUT2D eigenvalue weighted by atomic mass is 9.98. The molecular weight excluding hydrogens is 356 g/mol. The Kier molecular flexibility index (Phi) is 5.96. The summed E-state index contributed by atoms with van der Waals surface area (Å²) in [5.74, 6) is 2.25. The molecule has 0 spiro atoms. The van der Waals surface area contributed by atoms with Gasteiger partial charge in [0.25, 0.3) is 0 Å². The van der Waals surface area contributed by atoms with E-state index >= 15 is 0 Å². The Morgan fingerprint density at radius 3 is 2.86 bits per heavy atom. The smallest absolute Gasteiger partial charge is 0.242 e. The van der Waals surface area contributed by atoms with Crippen molar-refractivity contribution in [3.8, 4) is 0 Å². The molecule has 2 saturated heterocycles. The van der Waals surface area contributed by atoms with Crippen molar-refractivity contribution in [1.29, 1.82) is 0 Å². The van der Waals surface area contributed by atoms with Crippen LogP contribution in [0.2, 0.25) is 0 Å². The number of aliphatic hydroxyl groups is 1. The maximum atomic E-state index is 13.1. The van der Waals surface area contributed by atoms with Crippen LogP contribution >= 0.6 is 0 Å². The van der Waals surface area contributed by atoms with E-state index in [0.717, 1.165) is 75.5 Å². The highest BCUT2D eigenvalue weighted by atomic mass is 16.3. The SMILES string of the molecule is CN1CC(=O)N(C2CCCNCC2)Cc2c1ncnc2N1CCCC(CO)C1. The van der Waals surface area contributed by atoms with Gasteiger partial charge in [-0.05, 0) is 51.1 Å². The van der Waals surface area contributed by atoms with Crippen LogP contribution in [0.15, 0.2) is 6.33 Å². The minimum atomic E-state index is 0.172. The number of carbonyl (C=O) groups excluding carboxylic acids is 1. The van der Waals surface area contributed by atoms with Crippen molar-refractivity contribution in [2.75, 3.05) is 56.2 Å². The third kappa shape index (κ3) is 3.93. The second-order valence-electron chi connectivity index (χ2n) is 8.35. The molecule has 2 N–H and O–H groups in total. The van der Waals surface area contributed by atoms with E-state index in [1.54, 1.807) is 6.33 Å². The number of carbonyl (C=O) groups is 1. The molecule has 28 heavy (non-hydrogen) atoms. The van der Waals surface area contributed by atoms with E-state index in [1.807, 2.05) is 11.9 Å². The van der Waals surface area contributed by atoms with Crippen molar-refractivity contribution in [1.82, 2.24) is 20.2 Å². The lowest BCUT2D eigenvalue weighted by molar-refractivity contribution is -0.132. The van der Waals surface area contributed by atoms with Gasteiger partial charge in [-0.15, -0.1) is 0 Å². The molecule has 0 saturated carbocycles. The summed E-state index contributed by atoms with van der Waals surface area (Å²) in [5.41, 5.74) is 1.05. The number of nitrogens with zero attached hydrogens (tertiary/aromatic N) is 5. The molecule has 2 atom stereocenters. The molecular formula is C20H32N6O2. The van der Waals surface area contributed by atoms with Crippen molar-refractivity contribution in [3.63, 3.8) is 0 Å². The summed E-state index contributed by atoms with van der Waals surface area (Å²) in [6, 6.07) is 0.265. The van der Waals surface area contributed by atoms with Crippen LogP contribution in [0.4, 0.5) is 11.6 Å². The molecule has 1 aromatic rings. The minimum absolute atomic E-state index is 0.172. The van der Waals surface area contributed by atoms with Crippen molar-refractivity contribution in [2.45, 2.75) is 44.7 Å². The fourth-order valence-corrected chi connectivity index (χ4v) is 4.82. The number of amides is 1. The van der Waals surface area contributed by atoms with Crippen LogP contribution in [0.1, 0.15) is 37.7 Å². The summed E-state index contributed by atoms with van der Waals surface area (Å²) in [7, 11) is 1.94. The third-order valence-electron chi connectivity index (χ3n) is 6.35. The Hall–Kier alpha value is -1.93. The van der Waals surface area contributed by atoms with E-state index in [2.05, 4.69) is 25.1 Å². The molecule has 2 fully saturated rings. The molecule has 0 bridgehead atoms. The van der Waals surface area contributed by atoms with Gasteiger partial charge in [0.15, 0.2) is 0 Å². The normalized spacial score (nSPS) is 26.6. The van der Waals surface area contributed by atoms with Gasteiger partial charge in [0.1, 0.15) is 18.0 Å². The number of hydrogen-bond donors (Lipinski definition) is 2. The Morgan fingerprint density at radius 1 is 1.14 bits per heavy atom. The van der Waals surface area contributed by atoms with Gasteiger partial charge in [0.2, 0.25) is 5.91 Å². The highest BCUT2D eigenvalue weighted by molar-refractivity contribution is 5.84. The zero-order chi connectivity index (χ0) is 19.5. The first-order valence-electron chi connectivity index (χ1n) is 10.6. The van der Waals surface area contributed by atoms with Gasteiger partial charge >= 0.3 is 0 Å². The largest absolute Gasteiger partial charge is 0.396 e. The number of hydrogen-bond acceptors (Lipinski definition) is 7. The molecule has 0 aliphatic carbocycles. The van der Waals surface area contributed by atoms with E-state index in [1.165, 1.54) is 0 Å². The summed E-state index contributed by atoms with van der Waals surface area (Å²) in [6.45, 7) is 4.87. The molecule has 0 radical (unpaired) electrons. The van der Waals surface area contributed by atoms with E-state index in [4.69, 9.17) is 0 Å². The van der Waals surface area contributed by atoms with Crippen LogP contribution in [-0.4, -0.2) is 78.3 Å². The van der Waals surface area contributed by atoms with E-state index in [0.29, 0.717) is 13.1 Å². The molecule has 8 nitrogen and oxygen atoms in total. The van der Waals surface area contributed by atoms with Crippen LogP contribution in [0.3, 0.4) is 0 Å². The van der Waals surface area contributed by atoms with Gasteiger partial charge in [-0.3, -0.25) is 4.79 Å². The van der Waals surface area contributed by atoms with Gasteiger partial charge in [0.05, 0.1) is 18.7 Å². The molecule has 1 aromatic heterocycles. The Balaban J connectivity index is 1.66. The first kappa shape index (κ1) is 19.4. The molecule has 8 heteroatoms. The van der Waals surface area contributed by atoms with Crippen LogP contribution < -0.4 is 15.1 Å². The maximum Gasteiger partial charge on any atom is 0.242 e.